The third-order valence-corrected chi connectivity index (χ3v) is 5.35. The van der Waals surface area contributed by atoms with Gasteiger partial charge in [-0.2, -0.15) is 0 Å². The number of Topliss-reactive ketones (excluding diaryl/α,β-unsaturated/α-hetero) is 1. The molecule has 2 aromatic rings. The minimum Gasteiger partial charge on any atom is -0.508 e. The van der Waals surface area contributed by atoms with E-state index in [9.17, 15) is 9.90 Å². The highest BCUT2D eigenvalue weighted by Crippen LogP contribution is 2.33. The minimum atomic E-state index is -0.817. The fraction of sp³-hybridized carbons (Fsp3) is 0.409. The van der Waals surface area contributed by atoms with Gasteiger partial charge in [0.15, 0.2) is 5.78 Å². The predicted octanol–water partition coefficient (Wildman–Crippen LogP) is 2.67. The number of nitrogens with zero attached hydrogens (tertiary/aromatic N) is 2. The first kappa shape index (κ1) is 19.5. The molecule has 1 aliphatic heterocycles. The van der Waals surface area contributed by atoms with Gasteiger partial charge in [0, 0.05) is 25.2 Å². The molecule has 1 aliphatic rings. The van der Waals surface area contributed by atoms with Gasteiger partial charge in [-0.25, -0.2) is 0 Å². The van der Waals surface area contributed by atoms with Crippen LogP contribution in [-0.2, 0) is 10.3 Å². The van der Waals surface area contributed by atoms with Crippen molar-refractivity contribution in [3.63, 3.8) is 0 Å². The van der Waals surface area contributed by atoms with E-state index in [4.69, 9.17) is 4.74 Å². The van der Waals surface area contributed by atoms with Gasteiger partial charge in [0.05, 0.1) is 13.2 Å². The Hall–Kier alpha value is -2.21. The molecular weight excluding hydrogens is 340 g/mol. The van der Waals surface area contributed by atoms with Gasteiger partial charge in [-0.05, 0) is 50.8 Å². The fourth-order valence-electron chi connectivity index (χ4n) is 3.66. The fourth-order valence-corrected chi connectivity index (χ4v) is 3.66. The van der Waals surface area contributed by atoms with Crippen molar-refractivity contribution < 1.29 is 14.6 Å². The molecule has 144 valence electrons. The summed E-state index contributed by atoms with van der Waals surface area (Å²) in [5, 5.41) is 9.62. The Morgan fingerprint density at radius 3 is 2.22 bits per heavy atom. The van der Waals surface area contributed by atoms with Crippen LogP contribution in [0.1, 0.15) is 21.5 Å². The molecule has 0 aromatic heterocycles. The van der Waals surface area contributed by atoms with E-state index in [-0.39, 0.29) is 11.5 Å². The number of likely N-dealkylation sites (N-methyl/N-ethyl adjacent to an activating group) is 1. The van der Waals surface area contributed by atoms with Crippen LogP contribution in [-0.4, -0.2) is 67.6 Å². The standard InChI is InChI=1S/C22H28N2O3/c1-17-4-8-19(9-5-17)22(23(2)3,16-24-12-14-27-15-13-24)21(26)18-6-10-20(25)11-7-18/h4-11,25H,12-16H2,1-3H3. The van der Waals surface area contributed by atoms with E-state index in [0.29, 0.717) is 25.3 Å². The van der Waals surface area contributed by atoms with E-state index in [1.54, 1.807) is 24.3 Å². The molecule has 1 atom stereocenters. The normalized spacial score (nSPS) is 17.6. The Balaban J connectivity index is 2.08. The molecule has 3 rings (SSSR count). The Morgan fingerprint density at radius 2 is 1.67 bits per heavy atom. The average molecular weight is 368 g/mol. The number of phenols is 1. The number of rotatable bonds is 6. The molecule has 1 unspecified atom stereocenters. The molecule has 27 heavy (non-hydrogen) atoms. The number of morpholine rings is 1. The molecule has 0 spiro atoms. The van der Waals surface area contributed by atoms with Crippen molar-refractivity contribution in [2.24, 2.45) is 0 Å². The Labute approximate surface area is 161 Å². The lowest BCUT2D eigenvalue weighted by Gasteiger charge is -2.43. The summed E-state index contributed by atoms with van der Waals surface area (Å²) < 4.78 is 5.49. The van der Waals surface area contributed by atoms with E-state index in [1.165, 1.54) is 0 Å². The molecule has 1 N–H and O–H groups in total. The number of ketones is 1. The van der Waals surface area contributed by atoms with E-state index >= 15 is 0 Å². The van der Waals surface area contributed by atoms with Crippen molar-refractivity contribution in [1.29, 1.82) is 0 Å². The van der Waals surface area contributed by atoms with Crippen molar-refractivity contribution in [2.45, 2.75) is 12.5 Å². The van der Waals surface area contributed by atoms with E-state index < -0.39 is 5.54 Å². The Morgan fingerprint density at radius 1 is 1.07 bits per heavy atom. The summed E-state index contributed by atoms with van der Waals surface area (Å²) in [4.78, 5) is 18.1. The lowest BCUT2D eigenvalue weighted by molar-refractivity contribution is 0.00686. The number of carbonyl (C=O) groups is 1. The number of hydrogen-bond acceptors (Lipinski definition) is 5. The van der Waals surface area contributed by atoms with E-state index in [0.717, 1.165) is 24.2 Å². The maximum atomic E-state index is 13.8. The molecule has 1 fully saturated rings. The third kappa shape index (κ3) is 4.05. The number of carbonyl (C=O) groups excluding carboxylic acids is 1. The zero-order valence-corrected chi connectivity index (χ0v) is 16.3. The second-order valence-corrected chi connectivity index (χ2v) is 7.39. The lowest BCUT2D eigenvalue weighted by Crippen LogP contribution is -2.57. The summed E-state index contributed by atoms with van der Waals surface area (Å²) >= 11 is 0. The average Bonchev–Trinajstić information content (AvgIpc) is 2.67. The van der Waals surface area contributed by atoms with Crippen LogP contribution in [0.4, 0.5) is 0 Å². The maximum Gasteiger partial charge on any atom is 0.188 e. The molecule has 5 heteroatoms. The van der Waals surface area contributed by atoms with E-state index in [1.807, 2.05) is 38.1 Å². The quantitative estimate of drug-likeness (QED) is 0.795. The smallest absolute Gasteiger partial charge is 0.188 e. The first-order valence-electron chi connectivity index (χ1n) is 9.32. The molecule has 0 saturated carbocycles. The van der Waals surface area contributed by atoms with Gasteiger partial charge in [-0.1, -0.05) is 29.8 Å². The first-order chi connectivity index (χ1) is 12.9. The molecule has 0 bridgehead atoms. The molecule has 0 radical (unpaired) electrons. The Bertz CT molecular complexity index is 765. The van der Waals surface area contributed by atoms with Gasteiger partial charge in [0.1, 0.15) is 11.3 Å². The number of hydrogen-bond donors (Lipinski definition) is 1. The van der Waals surface area contributed by atoms with Gasteiger partial charge in [0.2, 0.25) is 0 Å². The van der Waals surface area contributed by atoms with Gasteiger partial charge < -0.3 is 9.84 Å². The zero-order chi connectivity index (χ0) is 19.4. The number of benzene rings is 2. The van der Waals surface area contributed by atoms with Gasteiger partial charge in [-0.3, -0.25) is 14.6 Å². The second-order valence-electron chi connectivity index (χ2n) is 7.39. The summed E-state index contributed by atoms with van der Waals surface area (Å²) in [7, 11) is 3.91. The number of aromatic hydroxyl groups is 1. The van der Waals surface area contributed by atoms with Crippen molar-refractivity contribution in [1.82, 2.24) is 9.80 Å². The van der Waals surface area contributed by atoms with Crippen LogP contribution in [0, 0.1) is 6.92 Å². The summed E-state index contributed by atoms with van der Waals surface area (Å²) in [5.41, 5.74) is 1.91. The SMILES string of the molecule is Cc1ccc(C(CN2CCOCC2)(C(=O)c2ccc(O)cc2)N(C)C)cc1. The van der Waals surface area contributed by atoms with Crippen molar-refractivity contribution in [3.05, 3.63) is 65.2 Å². The molecule has 5 nitrogen and oxygen atoms in total. The van der Waals surface area contributed by atoms with Gasteiger partial charge in [-0.15, -0.1) is 0 Å². The van der Waals surface area contributed by atoms with Crippen LogP contribution in [0.3, 0.4) is 0 Å². The minimum absolute atomic E-state index is 0.0304. The highest BCUT2D eigenvalue weighted by atomic mass is 16.5. The molecule has 0 aliphatic carbocycles. The van der Waals surface area contributed by atoms with E-state index in [2.05, 4.69) is 17.0 Å². The van der Waals surface area contributed by atoms with Crippen LogP contribution in [0.2, 0.25) is 0 Å². The van der Waals surface area contributed by atoms with Gasteiger partial charge in [0.25, 0.3) is 0 Å². The number of ether oxygens (including phenoxy) is 1. The van der Waals surface area contributed by atoms with Crippen LogP contribution >= 0.6 is 0 Å². The molecular formula is C22H28N2O3. The summed E-state index contributed by atoms with van der Waals surface area (Å²) in [6.07, 6.45) is 0. The van der Waals surface area contributed by atoms with Crippen LogP contribution < -0.4 is 0 Å². The summed E-state index contributed by atoms with van der Waals surface area (Å²) in [5.74, 6) is 0.188. The van der Waals surface area contributed by atoms with Crippen LogP contribution in [0.15, 0.2) is 48.5 Å². The van der Waals surface area contributed by atoms with Crippen molar-refractivity contribution >= 4 is 5.78 Å². The summed E-state index contributed by atoms with van der Waals surface area (Å²) in [6.45, 7) is 5.63. The van der Waals surface area contributed by atoms with Crippen LogP contribution in [0.25, 0.3) is 0 Å². The maximum absolute atomic E-state index is 13.8. The van der Waals surface area contributed by atoms with Gasteiger partial charge >= 0.3 is 0 Å². The highest BCUT2D eigenvalue weighted by Gasteiger charge is 2.44. The van der Waals surface area contributed by atoms with Crippen LogP contribution in [0.5, 0.6) is 5.75 Å². The number of phenolic OH excluding ortho intramolecular Hbond substituents is 1. The van der Waals surface area contributed by atoms with Crippen molar-refractivity contribution in [2.75, 3.05) is 46.9 Å². The summed E-state index contributed by atoms with van der Waals surface area (Å²) in [6, 6.07) is 14.7. The zero-order valence-electron chi connectivity index (χ0n) is 16.3. The number of aryl methyl sites for hydroxylation is 1. The second kappa shape index (κ2) is 8.21. The monoisotopic (exact) mass is 368 g/mol. The molecule has 1 saturated heterocycles. The molecule has 0 amide bonds. The predicted molar refractivity (Wildman–Crippen MR) is 106 cm³/mol. The highest BCUT2D eigenvalue weighted by molar-refractivity contribution is 6.04. The Kier molecular flexibility index (Phi) is 5.95. The molecule has 1 heterocycles. The third-order valence-electron chi connectivity index (χ3n) is 5.35. The van der Waals surface area contributed by atoms with Crippen molar-refractivity contribution in [3.8, 4) is 5.75 Å². The molecule has 2 aromatic carbocycles. The lowest BCUT2D eigenvalue weighted by atomic mass is 9.80. The topological polar surface area (TPSA) is 53.0 Å². The first-order valence-corrected chi connectivity index (χ1v) is 9.32. The largest absolute Gasteiger partial charge is 0.508 e.